The topological polar surface area (TPSA) is 70.1 Å². The van der Waals surface area contributed by atoms with Crippen LogP contribution in [-0.4, -0.2) is 38.0 Å². The summed E-state index contributed by atoms with van der Waals surface area (Å²) in [5.41, 5.74) is 3.75. The van der Waals surface area contributed by atoms with E-state index in [-0.39, 0.29) is 11.3 Å². The number of hydrogen-bond donors (Lipinski definition) is 1. The first-order valence-electron chi connectivity index (χ1n) is 10.5. The van der Waals surface area contributed by atoms with Crippen molar-refractivity contribution in [2.75, 3.05) is 31.0 Å². The zero-order valence-corrected chi connectivity index (χ0v) is 20.1. The number of ether oxygens (including phenoxy) is 1. The van der Waals surface area contributed by atoms with Gasteiger partial charge in [-0.15, -0.1) is 11.3 Å². The van der Waals surface area contributed by atoms with Gasteiger partial charge in [-0.3, -0.25) is 14.5 Å². The van der Waals surface area contributed by atoms with Crippen molar-refractivity contribution < 1.29 is 19.4 Å². The van der Waals surface area contributed by atoms with Crippen LogP contribution in [0.5, 0.6) is 5.75 Å². The van der Waals surface area contributed by atoms with Crippen molar-refractivity contribution in [1.82, 2.24) is 0 Å². The molecule has 1 amide bonds. The summed E-state index contributed by atoms with van der Waals surface area (Å²) in [4.78, 5) is 30.7. The molecule has 1 fully saturated rings. The minimum Gasteiger partial charge on any atom is -0.507 e. The lowest BCUT2D eigenvalue weighted by molar-refractivity contribution is -0.132. The Morgan fingerprint density at radius 3 is 2.33 bits per heavy atom. The van der Waals surface area contributed by atoms with Crippen LogP contribution in [0.4, 0.5) is 11.4 Å². The second kappa shape index (κ2) is 8.75. The van der Waals surface area contributed by atoms with Crippen LogP contribution in [0.25, 0.3) is 5.76 Å². The molecular formula is C26H26N2O4S. The lowest BCUT2D eigenvalue weighted by Crippen LogP contribution is -2.29. The van der Waals surface area contributed by atoms with E-state index in [2.05, 4.69) is 0 Å². The fraction of sp³-hybridized carbons (Fsp3) is 0.231. The Labute approximate surface area is 197 Å². The number of methoxy groups -OCH3 is 1. The zero-order chi connectivity index (χ0) is 23.9. The van der Waals surface area contributed by atoms with E-state index in [4.69, 9.17) is 4.74 Å². The van der Waals surface area contributed by atoms with E-state index in [9.17, 15) is 14.7 Å². The highest BCUT2D eigenvalue weighted by Gasteiger charge is 2.47. The Bertz CT molecular complexity index is 1240. The lowest BCUT2D eigenvalue weighted by Gasteiger charge is -2.25. The molecule has 3 aromatic rings. The number of ketones is 1. The number of hydrogen-bond acceptors (Lipinski definition) is 6. The number of aliphatic hydroxyl groups excluding tert-OH is 1. The van der Waals surface area contributed by atoms with Crippen molar-refractivity contribution in [1.29, 1.82) is 0 Å². The van der Waals surface area contributed by atoms with Gasteiger partial charge in [0.1, 0.15) is 17.6 Å². The van der Waals surface area contributed by atoms with Crippen molar-refractivity contribution in [2.45, 2.75) is 19.9 Å². The standard InChI is InChI=1S/C26H26N2O4S/c1-15-14-20(32-5)16(2)13-19(15)24(29)22-23(21-7-6-12-33-21)28(26(31)25(22)30)18-10-8-17(9-11-18)27(3)4/h6-14,23,29H,1-5H3/b24-22-. The highest BCUT2D eigenvalue weighted by atomic mass is 32.1. The maximum Gasteiger partial charge on any atom is 0.300 e. The van der Waals surface area contributed by atoms with Gasteiger partial charge in [-0.05, 0) is 72.8 Å². The average molecular weight is 463 g/mol. The molecule has 0 spiro atoms. The van der Waals surface area contributed by atoms with Crippen LogP contribution in [0, 0.1) is 13.8 Å². The van der Waals surface area contributed by atoms with Gasteiger partial charge in [-0.2, -0.15) is 0 Å². The summed E-state index contributed by atoms with van der Waals surface area (Å²) in [6.45, 7) is 3.71. The van der Waals surface area contributed by atoms with E-state index in [1.165, 1.54) is 16.2 Å². The number of rotatable bonds is 5. The third-order valence-corrected chi connectivity index (χ3v) is 6.82. The van der Waals surface area contributed by atoms with E-state index in [0.717, 1.165) is 21.7 Å². The molecule has 1 unspecified atom stereocenters. The summed E-state index contributed by atoms with van der Waals surface area (Å²) in [6, 6.07) is 14.1. The second-order valence-corrected chi connectivity index (χ2v) is 9.21. The van der Waals surface area contributed by atoms with Crippen LogP contribution < -0.4 is 14.5 Å². The van der Waals surface area contributed by atoms with Gasteiger partial charge in [0.05, 0.1) is 12.7 Å². The quantitative estimate of drug-likeness (QED) is 0.326. The van der Waals surface area contributed by atoms with Crippen LogP contribution in [0.1, 0.15) is 27.6 Å². The Balaban J connectivity index is 1.90. The van der Waals surface area contributed by atoms with Crippen LogP contribution in [0.15, 0.2) is 59.5 Å². The molecule has 170 valence electrons. The first kappa shape index (κ1) is 22.6. The molecule has 0 bridgehead atoms. The summed E-state index contributed by atoms with van der Waals surface area (Å²) in [5.74, 6) is -0.839. The molecule has 4 rings (SSSR count). The zero-order valence-electron chi connectivity index (χ0n) is 19.2. The van der Waals surface area contributed by atoms with Gasteiger partial charge in [-0.25, -0.2) is 0 Å². The van der Waals surface area contributed by atoms with Gasteiger partial charge in [0.15, 0.2) is 0 Å². The number of Topliss-reactive ketones (excluding diaryl/α,β-unsaturated/α-hetero) is 1. The SMILES string of the molecule is COc1cc(C)c(/C(O)=C2/C(=O)C(=O)N(c3ccc(N(C)C)cc3)C2c2cccs2)cc1C. The van der Waals surface area contributed by atoms with E-state index < -0.39 is 17.7 Å². The molecule has 1 N–H and O–H groups in total. The van der Waals surface area contributed by atoms with Gasteiger partial charge in [0.2, 0.25) is 0 Å². The maximum absolute atomic E-state index is 13.3. The molecule has 1 saturated heterocycles. The molecule has 1 aromatic heterocycles. The first-order chi connectivity index (χ1) is 15.7. The fourth-order valence-corrected chi connectivity index (χ4v) is 4.96. The van der Waals surface area contributed by atoms with E-state index in [1.54, 1.807) is 13.2 Å². The Kier molecular flexibility index (Phi) is 5.99. The Morgan fingerprint density at radius 1 is 1.06 bits per heavy atom. The van der Waals surface area contributed by atoms with Gasteiger partial charge >= 0.3 is 0 Å². The van der Waals surface area contributed by atoms with E-state index >= 15 is 0 Å². The lowest BCUT2D eigenvalue weighted by atomic mass is 9.95. The third kappa shape index (κ3) is 3.89. The summed E-state index contributed by atoms with van der Waals surface area (Å²) in [6.07, 6.45) is 0. The van der Waals surface area contributed by atoms with Crippen molar-refractivity contribution >= 4 is 40.2 Å². The normalized spacial score (nSPS) is 17.5. The molecule has 0 radical (unpaired) electrons. The van der Waals surface area contributed by atoms with Gasteiger partial charge in [-0.1, -0.05) is 6.07 Å². The van der Waals surface area contributed by atoms with Crippen LogP contribution in [-0.2, 0) is 9.59 Å². The predicted molar refractivity (Wildman–Crippen MR) is 132 cm³/mol. The minimum absolute atomic E-state index is 0.0896. The van der Waals surface area contributed by atoms with Crippen molar-refractivity contribution in [3.8, 4) is 5.75 Å². The molecule has 1 aliphatic rings. The Morgan fingerprint density at radius 2 is 1.76 bits per heavy atom. The number of benzene rings is 2. The summed E-state index contributed by atoms with van der Waals surface area (Å²) in [5, 5.41) is 13.3. The van der Waals surface area contributed by atoms with Gasteiger partial charge in [0.25, 0.3) is 11.7 Å². The molecule has 0 saturated carbocycles. The number of carbonyl (C=O) groups is 2. The van der Waals surface area contributed by atoms with Crippen LogP contribution in [0.3, 0.4) is 0 Å². The van der Waals surface area contributed by atoms with Gasteiger partial charge < -0.3 is 14.7 Å². The smallest absolute Gasteiger partial charge is 0.300 e. The molecule has 6 nitrogen and oxygen atoms in total. The monoisotopic (exact) mass is 462 g/mol. The van der Waals surface area contributed by atoms with Crippen LogP contribution >= 0.6 is 11.3 Å². The largest absolute Gasteiger partial charge is 0.507 e. The van der Waals surface area contributed by atoms with E-state index in [0.29, 0.717) is 17.0 Å². The first-order valence-corrected chi connectivity index (χ1v) is 11.4. The molecule has 7 heteroatoms. The van der Waals surface area contributed by atoms with Gasteiger partial charge in [0, 0.05) is 35.9 Å². The second-order valence-electron chi connectivity index (χ2n) is 8.23. The van der Waals surface area contributed by atoms with Crippen LogP contribution in [0.2, 0.25) is 0 Å². The minimum atomic E-state index is -0.711. The molecule has 2 heterocycles. The number of thiophene rings is 1. The van der Waals surface area contributed by atoms with Crippen molar-refractivity contribution in [2.24, 2.45) is 0 Å². The summed E-state index contributed by atoms with van der Waals surface area (Å²) >= 11 is 1.44. The summed E-state index contributed by atoms with van der Waals surface area (Å²) in [7, 11) is 5.46. The molecule has 33 heavy (non-hydrogen) atoms. The van der Waals surface area contributed by atoms with Crippen molar-refractivity contribution in [3.63, 3.8) is 0 Å². The number of aliphatic hydroxyl groups is 1. The number of anilines is 2. The third-order valence-electron chi connectivity index (χ3n) is 5.90. The highest BCUT2D eigenvalue weighted by Crippen LogP contribution is 2.44. The molecule has 0 aliphatic carbocycles. The molecule has 1 aliphatic heterocycles. The Hall–Kier alpha value is -3.58. The number of amides is 1. The predicted octanol–water partition coefficient (Wildman–Crippen LogP) is 5.07. The number of carbonyl (C=O) groups excluding carboxylic acids is 2. The highest BCUT2D eigenvalue weighted by molar-refractivity contribution is 7.10. The maximum atomic E-state index is 13.3. The molecular weight excluding hydrogens is 436 g/mol. The fourth-order valence-electron chi connectivity index (χ4n) is 4.14. The number of nitrogens with zero attached hydrogens (tertiary/aromatic N) is 2. The number of aryl methyl sites for hydroxylation is 2. The van der Waals surface area contributed by atoms with Crippen molar-refractivity contribution in [3.05, 3.63) is 81.1 Å². The van der Waals surface area contributed by atoms with E-state index in [1.807, 2.05) is 80.7 Å². The molecule has 2 aromatic carbocycles. The molecule has 1 atom stereocenters. The average Bonchev–Trinajstić information content (AvgIpc) is 3.41. The summed E-state index contributed by atoms with van der Waals surface area (Å²) < 4.78 is 5.38.